The van der Waals surface area contributed by atoms with Gasteiger partial charge in [0.15, 0.2) is 17.2 Å². The fourth-order valence-electron chi connectivity index (χ4n) is 2.80. The molecule has 0 aliphatic heterocycles. The predicted octanol–water partition coefficient (Wildman–Crippen LogP) is 2.23. The van der Waals surface area contributed by atoms with Crippen molar-refractivity contribution < 1.29 is 9.90 Å². The number of rotatable bonds is 3. The van der Waals surface area contributed by atoms with Crippen LogP contribution in [-0.2, 0) is 0 Å². The zero-order valence-electron chi connectivity index (χ0n) is 13.7. The summed E-state index contributed by atoms with van der Waals surface area (Å²) in [7, 11) is 0. The Labute approximate surface area is 156 Å². The van der Waals surface area contributed by atoms with Crippen LogP contribution in [0.15, 0.2) is 53.3 Å². The first-order valence-corrected chi connectivity index (χ1v) is 8.20. The molecule has 0 radical (unpaired) electrons. The highest BCUT2D eigenvalue weighted by Gasteiger charge is 2.21. The second kappa shape index (κ2) is 6.26. The van der Waals surface area contributed by atoms with E-state index in [4.69, 9.17) is 17.3 Å². The molecule has 4 rings (SSSR count). The molecule has 0 bridgehead atoms. The summed E-state index contributed by atoms with van der Waals surface area (Å²) in [6.07, 6.45) is 0. The van der Waals surface area contributed by atoms with E-state index in [9.17, 15) is 14.7 Å². The molecule has 27 heavy (non-hydrogen) atoms. The number of aromatic nitrogens is 4. The van der Waals surface area contributed by atoms with Crippen molar-refractivity contribution in [2.24, 2.45) is 5.73 Å². The van der Waals surface area contributed by atoms with Gasteiger partial charge in [-0.05, 0) is 30.3 Å². The number of aromatic hydroxyl groups is 1. The van der Waals surface area contributed by atoms with Crippen molar-refractivity contribution in [2.45, 2.75) is 0 Å². The lowest BCUT2D eigenvalue weighted by molar-refractivity contribution is 0.0997. The van der Waals surface area contributed by atoms with E-state index >= 15 is 0 Å². The number of carbonyl (C=O) groups excluding carboxylic acids is 1. The molecule has 0 saturated carbocycles. The van der Waals surface area contributed by atoms with Crippen molar-refractivity contribution in [3.63, 3.8) is 0 Å². The van der Waals surface area contributed by atoms with Gasteiger partial charge in [-0.3, -0.25) is 4.79 Å². The van der Waals surface area contributed by atoms with E-state index in [-0.39, 0.29) is 28.4 Å². The molecular formula is C18H12ClN5O3. The summed E-state index contributed by atoms with van der Waals surface area (Å²) < 4.78 is 1.26. The minimum Gasteiger partial charge on any atom is -0.507 e. The highest BCUT2D eigenvalue weighted by Crippen LogP contribution is 2.28. The third-order valence-corrected chi connectivity index (χ3v) is 4.22. The Morgan fingerprint density at radius 1 is 1.15 bits per heavy atom. The van der Waals surface area contributed by atoms with Gasteiger partial charge in [0.1, 0.15) is 11.3 Å². The van der Waals surface area contributed by atoms with E-state index in [1.54, 1.807) is 42.5 Å². The molecule has 0 fully saturated rings. The fraction of sp³-hybridized carbons (Fsp3) is 0. The van der Waals surface area contributed by atoms with Gasteiger partial charge < -0.3 is 15.8 Å². The van der Waals surface area contributed by atoms with Crippen LogP contribution < -0.4 is 11.4 Å². The number of primary amides is 1. The van der Waals surface area contributed by atoms with Crippen molar-refractivity contribution >= 4 is 28.7 Å². The average molecular weight is 382 g/mol. The minimum absolute atomic E-state index is 0.0594. The van der Waals surface area contributed by atoms with Crippen molar-refractivity contribution in [3.8, 4) is 22.8 Å². The topological polar surface area (TPSA) is 127 Å². The summed E-state index contributed by atoms with van der Waals surface area (Å²) in [5, 5.41) is 10.5. The fourth-order valence-corrected chi connectivity index (χ4v) is 2.99. The number of halogens is 1. The normalized spacial score (nSPS) is 11.0. The lowest BCUT2D eigenvalue weighted by atomic mass is 10.2. The number of fused-ring (bicyclic) bond motifs is 1. The number of benzene rings is 2. The van der Waals surface area contributed by atoms with Crippen molar-refractivity contribution in [1.82, 2.24) is 19.5 Å². The van der Waals surface area contributed by atoms with E-state index < -0.39 is 11.6 Å². The number of amides is 1. The number of aromatic amines is 1. The molecule has 0 aliphatic carbocycles. The number of nitrogens with one attached hydrogen (secondary N) is 1. The first kappa shape index (κ1) is 16.8. The highest BCUT2D eigenvalue weighted by molar-refractivity contribution is 6.30. The van der Waals surface area contributed by atoms with Gasteiger partial charge in [0.25, 0.3) is 5.91 Å². The molecule has 9 heteroatoms. The molecular weight excluding hydrogens is 370 g/mol. The summed E-state index contributed by atoms with van der Waals surface area (Å²) in [5.41, 5.74) is 5.76. The molecule has 2 aromatic carbocycles. The maximum atomic E-state index is 12.5. The number of nitrogens with two attached hydrogens (primary N) is 1. The summed E-state index contributed by atoms with van der Waals surface area (Å²) in [4.78, 5) is 35.5. The van der Waals surface area contributed by atoms with Crippen LogP contribution in [0.3, 0.4) is 0 Å². The number of H-pyrrole nitrogens is 1. The van der Waals surface area contributed by atoms with Gasteiger partial charge in [-0.1, -0.05) is 29.8 Å². The number of carbonyl (C=O) groups is 1. The van der Waals surface area contributed by atoms with Crippen LogP contribution in [0, 0.1) is 0 Å². The Morgan fingerprint density at radius 3 is 2.63 bits per heavy atom. The van der Waals surface area contributed by atoms with Gasteiger partial charge >= 0.3 is 5.69 Å². The summed E-state index contributed by atoms with van der Waals surface area (Å²) in [5.74, 6) is -0.845. The van der Waals surface area contributed by atoms with Crippen LogP contribution in [0.5, 0.6) is 5.75 Å². The Kier molecular flexibility index (Phi) is 3.89. The molecule has 0 aliphatic rings. The third kappa shape index (κ3) is 2.81. The molecule has 0 atom stereocenters. The smallest absolute Gasteiger partial charge is 0.332 e. The number of phenolic OH excluding ortho intramolecular Hbond substituents is 1. The van der Waals surface area contributed by atoms with E-state index in [1.807, 2.05) is 0 Å². The van der Waals surface area contributed by atoms with Crippen LogP contribution in [-0.4, -0.2) is 30.5 Å². The second-order valence-corrected chi connectivity index (χ2v) is 6.16. The predicted molar refractivity (Wildman–Crippen MR) is 100 cm³/mol. The highest BCUT2D eigenvalue weighted by atomic mass is 35.5. The number of para-hydroxylation sites is 1. The summed E-state index contributed by atoms with van der Waals surface area (Å²) in [6, 6.07) is 13.0. The van der Waals surface area contributed by atoms with Crippen molar-refractivity contribution in [2.75, 3.05) is 0 Å². The number of nitrogens with zero attached hydrogens (tertiary/aromatic N) is 3. The monoisotopic (exact) mass is 381 g/mol. The lowest BCUT2D eigenvalue weighted by Gasteiger charge is -2.07. The molecule has 0 saturated heterocycles. The van der Waals surface area contributed by atoms with Gasteiger partial charge in [-0.15, -0.1) is 0 Å². The molecule has 0 unspecified atom stereocenters. The zero-order valence-corrected chi connectivity index (χ0v) is 14.4. The Hall–Kier alpha value is -3.65. The number of phenols is 1. The van der Waals surface area contributed by atoms with Crippen LogP contribution in [0.2, 0.25) is 5.02 Å². The van der Waals surface area contributed by atoms with E-state index in [0.29, 0.717) is 16.3 Å². The molecule has 4 N–H and O–H groups in total. The molecule has 134 valence electrons. The van der Waals surface area contributed by atoms with Gasteiger partial charge in [-0.2, -0.15) is 0 Å². The van der Waals surface area contributed by atoms with Gasteiger partial charge in [0, 0.05) is 5.02 Å². The van der Waals surface area contributed by atoms with E-state index in [0.717, 1.165) is 0 Å². The third-order valence-electron chi connectivity index (χ3n) is 3.98. The first-order chi connectivity index (χ1) is 13.0. The summed E-state index contributed by atoms with van der Waals surface area (Å²) >= 11 is 6.03. The Bertz CT molecular complexity index is 1260. The number of imidazole rings is 1. The van der Waals surface area contributed by atoms with Crippen LogP contribution in [0.1, 0.15) is 10.5 Å². The molecule has 2 aromatic heterocycles. The minimum atomic E-state index is -0.835. The maximum Gasteiger partial charge on any atom is 0.332 e. The molecule has 2 heterocycles. The first-order valence-electron chi connectivity index (χ1n) is 7.82. The van der Waals surface area contributed by atoms with Crippen LogP contribution in [0.25, 0.3) is 28.2 Å². The standard InChI is InChI=1S/C18H12ClN5O3/c19-9-4-3-5-10(8-9)24-17-14(22-18(24)27)13(15(20)26)21-16(23-17)11-6-1-2-7-12(11)25/h1-8,25H,(H2,20,26)(H,22,27). The maximum absolute atomic E-state index is 12.5. The molecule has 8 nitrogen and oxygen atoms in total. The molecule has 0 spiro atoms. The van der Waals surface area contributed by atoms with Crippen LogP contribution in [0.4, 0.5) is 0 Å². The molecule has 4 aromatic rings. The van der Waals surface area contributed by atoms with E-state index in [1.165, 1.54) is 10.6 Å². The van der Waals surface area contributed by atoms with Crippen molar-refractivity contribution in [3.05, 3.63) is 69.7 Å². The van der Waals surface area contributed by atoms with Gasteiger partial charge in [0.05, 0.1) is 11.3 Å². The number of hydrogen-bond donors (Lipinski definition) is 3. The Morgan fingerprint density at radius 2 is 1.93 bits per heavy atom. The summed E-state index contributed by atoms with van der Waals surface area (Å²) in [6.45, 7) is 0. The largest absolute Gasteiger partial charge is 0.507 e. The van der Waals surface area contributed by atoms with Gasteiger partial charge in [-0.25, -0.2) is 19.3 Å². The SMILES string of the molecule is NC(=O)c1nc(-c2ccccc2O)nc2c1[nH]c(=O)n2-c1cccc(Cl)c1. The average Bonchev–Trinajstić information content (AvgIpc) is 2.96. The zero-order chi connectivity index (χ0) is 19.1. The Balaban J connectivity index is 2.10. The van der Waals surface area contributed by atoms with Crippen molar-refractivity contribution in [1.29, 1.82) is 0 Å². The van der Waals surface area contributed by atoms with E-state index in [2.05, 4.69) is 15.0 Å². The number of hydrogen-bond acceptors (Lipinski definition) is 5. The van der Waals surface area contributed by atoms with Gasteiger partial charge in [0.2, 0.25) is 0 Å². The second-order valence-electron chi connectivity index (χ2n) is 5.72. The van der Waals surface area contributed by atoms with Crippen LogP contribution >= 0.6 is 11.6 Å². The molecule has 1 amide bonds. The quantitative estimate of drug-likeness (QED) is 0.501. The lowest BCUT2D eigenvalue weighted by Crippen LogP contribution is -2.15.